The molecule has 1 fully saturated rings. The van der Waals surface area contributed by atoms with Crippen molar-refractivity contribution >= 4 is 11.6 Å². The van der Waals surface area contributed by atoms with Crippen molar-refractivity contribution in [2.75, 3.05) is 6.61 Å². The van der Waals surface area contributed by atoms with Gasteiger partial charge in [-0.15, -0.1) is 11.6 Å². The highest BCUT2D eigenvalue weighted by Crippen LogP contribution is 2.29. The summed E-state index contributed by atoms with van der Waals surface area (Å²) < 4.78 is 5.61. The van der Waals surface area contributed by atoms with Crippen LogP contribution in [0.25, 0.3) is 0 Å². The second-order valence-electron chi connectivity index (χ2n) is 3.51. The van der Waals surface area contributed by atoms with Gasteiger partial charge in [0.2, 0.25) is 0 Å². The monoisotopic (exact) mass is 212 g/mol. The normalized spacial score (nSPS) is 27.6. The quantitative estimate of drug-likeness (QED) is 0.670. The first-order valence-corrected chi connectivity index (χ1v) is 5.24. The van der Waals surface area contributed by atoms with E-state index in [2.05, 4.69) is 9.97 Å². The van der Waals surface area contributed by atoms with Gasteiger partial charge in [0.1, 0.15) is 11.9 Å². The molecule has 76 valence electrons. The number of hydrogen-bond acceptors (Lipinski definition) is 3. The molecular formula is C10H13ClN2O. The van der Waals surface area contributed by atoms with E-state index in [0.717, 1.165) is 31.0 Å². The summed E-state index contributed by atoms with van der Waals surface area (Å²) in [6.45, 7) is 2.60. The molecule has 2 atom stereocenters. The second-order valence-corrected chi connectivity index (χ2v) is 4.13. The van der Waals surface area contributed by atoms with Gasteiger partial charge >= 0.3 is 0 Å². The van der Waals surface area contributed by atoms with Crippen LogP contribution in [0.2, 0.25) is 0 Å². The van der Waals surface area contributed by atoms with Gasteiger partial charge in [-0.25, -0.2) is 9.97 Å². The van der Waals surface area contributed by atoms with Crippen molar-refractivity contribution in [2.45, 2.75) is 31.2 Å². The van der Waals surface area contributed by atoms with Gasteiger partial charge in [0.15, 0.2) is 0 Å². The lowest BCUT2D eigenvalue weighted by atomic mass is 10.1. The smallest absolute Gasteiger partial charge is 0.125 e. The van der Waals surface area contributed by atoms with Crippen LogP contribution in [0.5, 0.6) is 0 Å². The Hall–Kier alpha value is -0.670. The zero-order valence-corrected chi connectivity index (χ0v) is 8.87. The third-order valence-corrected chi connectivity index (χ3v) is 2.74. The van der Waals surface area contributed by atoms with E-state index in [1.165, 1.54) is 0 Å². The molecule has 3 nitrogen and oxygen atoms in total. The minimum atomic E-state index is 0.0490. The summed E-state index contributed by atoms with van der Waals surface area (Å²) in [6, 6.07) is 1.90. The highest BCUT2D eigenvalue weighted by Gasteiger charge is 2.23. The molecule has 1 aromatic heterocycles. The van der Waals surface area contributed by atoms with Crippen LogP contribution in [0.1, 0.15) is 30.5 Å². The maximum atomic E-state index is 6.08. The first-order valence-electron chi connectivity index (χ1n) is 4.81. The first-order chi connectivity index (χ1) is 6.75. The van der Waals surface area contributed by atoms with Crippen LogP contribution in [-0.4, -0.2) is 22.0 Å². The lowest BCUT2D eigenvalue weighted by molar-refractivity contribution is 0.0140. The summed E-state index contributed by atoms with van der Waals surface area (Å²) in [4.78, 5) is 8.39. The number of nitrogens with zero attached hydrogens (tertiary/aromatic N) is 2. The predicted molar refractivity (Wildman–Crippen MR) is 54.3 cm³/mol. The Balaban J connectivity index is 2.14. The number of rotatable bonds is 1. The summed E-state index contributed by atoms with van der Waals surface area (Å²) in [5.41, 5.74) is 0.947. The van der Waals surface area contributed by atoms with Crippen LogP contribution in [0.4, 0.5) is 0 Å². The number of aryl methyl sites for hydroxylation is 1. The molecule has 1 aromatic rings. The molecule has 0 bridgehead atoms. The average Bonchev–Trinajstić information content (AvgIpc) is 2.18. The van der Waals surface area contributed by atoms with Crippen LogP contribution >= 0.6 is 11.6 Å². The van der Waals surface area contributed by atoms with Gasteiger partial charge < -0.3 is 4.74 Å². The highest BCUT2D eigenvalue weighted by atomic mass is 35.5. The van der Waals surface area contributed by atoms with Crippen molar-refractivity contribution < 1.29 is 4.74 Å². The van der Waals surface area contributed by atoms with Crippen LogP contribution in [-0.2, 0) is 4.74 Å². The van der Waals surface area contributed by atoms with E-state index >= 15 is 0 Å². The molecule has 1 saturated heterocycles. The molecule has 0 radical (unpaired) electrons. The molecule has 0 N–H and O–H groups in total. The molecule has 0 saturated carbocycles. The molecule has 0 aromatic carbocycles. The van der Waals surface area contributed by atoms with Gasteiger partial charge in [-0.05, 0) is 25.8 Å². The molecule has 0 aliphatic carbocycles. The lowest BCUT2D eigenvalue weighted by Gasteiger charge is -2.25. The van der Waals surface area contributed by atoms with Gasteiger partial charge in [0.05, 0.1) is 5.69 Å². The van der Waals surface area contributed by atoms with E-state index in [0.29, 0.717) is 0 Å². The number of aromatic nitrogens is 2. The Morgan fingerprint density at radius 1 is 1.57 bits per heavy atom. The highest BCUT2D eigenvalue weighted by molar-refractivity contribution is 6.20. The molecule has 2 unspecified atom stereocenters. The Morgan fingerprint density at radius 3 is 3.14 bits per heavy atom. The van der Waals surface area contributed by atoms with Gasteiger partial charge in [-0.3, -0.25) is 0 Å². The standard InChI is InChI=1S/C10H13ClN2O/c1-7-12-4-2-9(13-7)10-6-8(11)3-5-14-10/h2,4,8,10H,3,5-6H2,1H3. The van der Waals surface area contributed by atoms with Crippen molar-refractivity contribution in [2.24, 2.45) is 0 Å². The number of hydrogen-bond donors (Lipinski definition) is 0. The van der Waals surface area contributed by atoms with Crippen LogP contribution in [0.3, 0.4) is 0 Å². The molecule has 2 rings (SSSR count). The first kappa shape index (κ1) is 9.87. The topological polar surface area (TPSA) is 35.0 Å². The van der Waals surface area contributed by atoms with E-state index in [-0.39, 0.29) is 11.5 Å². The third kappa shape index (κ3) is 2.22. The van der Waals surface area contributed by atoms with Gasteiger partial charge in [0.25, 0.3) is 0 Å². The van der Waals surface area contributed by atoms with Crippen LogP contribution in [0.15, 0.2) is 12.3 Å². The van der Waals surface area contributed by atoms with Crippen molar-refractivity contribution in [1.82, 2.24) is 9.97 Å². The average molecular weight is 213 g/mol. The fourth-order valence-corrected chi connectivity index (χ4v) is 1.87. The summed E-state index contributed by atoms with van der Waals surface area (Å²) in [7, 11) is 0. The zero-order chi connectivity index (χ0) is 9.97. The lowest BCUT2D eigenvalue weighted by Crippen LogP contribution is -2.20. The Bertz CT molecular complexity index is 319. The second kappa shape index (κ2) is 4.24. The fourth-order valence-electron chi connectivity index (χ4n) is 1.62. The molecule has 1 aliphatic heterocycles. The van der Waals surface area contributed by atoms with Crippen molar-refractivity contribution in [1.29, 1.82) is 0 Å². The third-order valence-electron chi connectivity index (χ3n) is 2.35. The Labute approximate surface area is 88.5 Å². The van der Waals surface area contributed by atoms with Gasteiger partial charge in [-0.1, -0.05) is 0 Å². The summed E-state index contributed by atoms with van der Waals surface area (Å²) in [5, 5.41) is 0.212. The maximum Gasteiger partial charge on any atom is 0.125 e. The van der Waals surface area contributed by atoms with Crippen LogP contribution < -0.4 is 0 Å². The van der Waals surface area contributed by atoms with Crippen molar-refractivity contribution in [3.63, 3.8) is 0 Å². The zero-order valence-electron chi connectivity index (χ0n) is 8.11. The largest absolute Gasteiger partial charge is 0.372 e. The Kier molecular flexibility index (Phi) is 2.99. The number of ether oxygens (including phenoxy) is 1. The SMILES string of the molecule is Cc1nccc(C2CC(Cl)CCO2)n1. The van der Waals surface area contributed by atoms with E-state index < -0.39 is 0 Å². The van der Waals surface area contributed by atoms with E-state index in [9.17, 15) is 0 Å². The summed E-state index contributed by atoms with van der Waals surface area (Å²) in [5.74, 6) is 0.780. The fraction of sp³-hybridized carbons (Fsp3) is 0.600. The molecule has 2 heterocycles. The Morgan fingerprint density at radius 2 is 2.43 bits per heavy atom. The summed E-state index contributed by atoms with van der Waals surface area (Å²) in [6.07, 6.45) is 3.59. The van der Waals surface area contributed by atoms with E-state index in [1.54, 1.807) is 6.20 Å². The van der Waals surface area contributed by atoms with Crippen molar-refractivity contribution in [3.05, 3.63) is 23.8 Å². The van der Waals surface area contributed by atoms with E-state index in [1.807, 2.05) is 13.0 Å². The van der Waals surface area contributed by atoms with E-state index in [4.69, 9.17) is 16.3 Å². The van der Waals surface area contributed by atoms with Crippen molar-refractivity contribution in [3.8, 4) is 0 Å². The summed E-state index contributed by atoms with van der Waals surface area (Å²) >= 11 is 6.08. The molecule has 14 heavy (non-hydrogen) atoms. The molecule has 4 heteroatoms. The molecule has 0 spiro atoms. The predicted octanol–water partition coefficient (Wildman–Crippen LogP) is 2.24. The van der Waals surface area contributed by atoms with Crippen LogP contribution in [0, 0.1) is 6.92 Å². The molecule has 1 aliphatic rings. The van der Waals surface area contributed by atoms with Gasteiger partial charge in [-0.2, -0.15) is 0 Å². The minimum absolute atomic E-state index is 0.0490. The minimum Gasteiger partial charge on any atom is -0.372 e. The van der Waals surface area contributed by atoms with Gasteiger partial charge in [0, 0.05) is 18.2 Å². The molecular weight excluding hydrogens is 200 g/mol. The number of alkyl halides is 1. The maximum absolute atomic E-state index is 6.08. The molecule has 0 amide bonds. The number of halogens is 1.